The van der Waals surface area contributed by atoms with Gasteiger partial charge < -0.3 is 9.30 Å². The molecule has 27 heavy (non-hydrogen) atoms. The normalized spacial score (nSPS) is 10.9. The lowest BCUT2D eigenvalue weighted by Gasteiger charge is -2.17. The quantitative estimate of drug-likeness (QED) is 0.561. The number of imidazole rings is 1. The maximum Gasteiger partial charge on any atom is 0.257 e. The molecular formula is C20H18N6O. The first-order valence-corrected chi connectivity index (χ1v) is 8.54. The Kier molecular flexibility index (Phi) is 4.33. The van der Waals surface area contributed by atoms with Crippen LogP contribution in [0.4, 0.5) is 0 Å². The van der Waals surface area contributed by atoms with Gasteiger partial charge in [-0.15, -0.1) is 0 Å². The Balaban J connectivity index is 1.54. The van der Waals surface area contributed by atoms with Crippen LogP contribution in [-0.2, 0) is 6.54 Å². The second-order valence-electron chi connectivity index (χ2n) is 6.27. The van der Waals surface area contributed by atoms with Crippen LogP contribution in [0.15, 0.2) is 61.3 Å². The van der Waals surface area contributed by atoms with Gasteiger partial charge in [0.2, 0.25) is 0 Å². The van der Waals surface area contributed by atoms with Crippen molar-refractivity contribution in [2.45, 2.75) is 13.5 Å². The summed E-state index contributed by atoms with van der Waals surface area (Å²) < 4.78 is 2.00. The molecule has 4 heterocycles. The molecule has 0 radical (unpaired) electrons. The Labute approximate surface area is 156 Å². The molecule has 0 saturated carbocycles. The first kappa shape index (κ1) is 16.8. The zero-order valence-electron chi connectivity index (χ0n) is 15.1. The lowest BCUT2D eigenvalue weighted by Crippen LogP contribution is -2.27. The van der Waals surface area contributed by atoms with E-state index in [1.54, 1.807) is 36.7 Å². The Morgan fingerprint density at radius 1 is 1.11 bits per heavy atom. The molecule has 4 rings (SSSR count). The number of hydrogen-bond donors (Lipinski definition) is 0. The maximum absolute atomic E-state index is 12.8. The van der Waals surface area contributed by atoms with Crippen LogP contribution in [0.1, 0.15) is 21.7 Å². The number of rotatable bonds is 4. The number of nitrogens with zero attached hydrogens (tertiary/aromatic N) is 6. The van der Waals surface area contributed by atoms with Crippen LogP contribution >= 0.6 is 0 Å². The van der Waals surface area contributed by atoms with E-state index in [4.69, 9.17) is 0 Å². The Hall–Kier alpha value is -3.61. The summed E-state index contributed by atoms with van der Waals surface area (Å²) in [5, 5.41) is 0. The highest BCUT2D eigenvalue weighted by Crippen LogP contribution is 2.16. The van der Waals surface area contributed by atoms with E-state index >= 15 is 0 Å². The first-order chi connectivity index (χ1) is 13.1. The summed E-state index contributed by atoms with van der Waals surface area (Å²) in [6.07, 6.45) is 8.44. The third kappa shape index (κ3) is 3.27. The smallest absolute Gasteiger partial charge is 0.257 e. The number of aryl methyl sites for hydroxylation is 1. The van der Waals surface area contributed by atoms with Gasteiger partial charge in [0.25, 0.3) is 5.91 Å². The van der Waals surface area contributed by atoms with Gasteiger partial charge in [-0.2, -0.15) is 0 Å². The molecule has 0 spiro atoms. The van der Waals surface area contributed by atoms with E-state index in [0.717, 1.165) is 22.6 Å². The van der Waals surface area contributed by atoms with Crippen LogP contribution in [0.3, 0.4) is 0 Å². The summed E-state index contributed by atoms with van der Waals surface area (Å²) in [6, 6.07) is 9.50. The van der Waals surface area contributed by atoms with E-state index in [-0.39, 0.29) is 5.91 Å². The van der Waals surface area contributed by atoms with Crippen molar-refractivity contribution in [3.63, 3.8) is 0 Å². The van der Waals surface area contributed by atoms with Gasteiger partial charge in [-0.1, -0.05) is 6.07 Å². The Morgan fingerprint density at radius 3 is 2.59 bits per heavy atom. The van der Waals surface area contributed by atoms with E-state index in [1.807, 2.05) is 47.9 Å². The monoisotopic (exact) mass is 358 g/mol. The van der Waals surface area contributed by atoms with Crippen LogP contribution in [0, 0.1) is 6.92 Å². The van der Waals surface area contributed by atoms with Crippen molar-refractivity contribution in [1.82, 2.24) is 29.2 Å². The van der Waals surface area contributed by atoms with Crippen LogP contribution < -0.4 is 0 Å². The summed E-state index contributed by atoms with van der Waals surface area (Å²) in [6.45, 7) is 2.40. The van der Waals surface area contributed by atoms with Crippen LogP contribution in [0.2, 0.25) is 0 Å². The lowest BCUT2D eigenvalue weighted by atomic mass is 10.2. The molecule has 1 amide bonds. The number of amides is 1. The topological polar surface area (TPSA) is 76.3 Å². The summed E-state index contributed by atoms with van der Waals surface area (Å²) in [4.78, 5) is 31.6. The number of pyridine rings is 2. The van der Waals surface area contributed by atoms with Gasteiger partial charge in [-0.3, -0.25) is 9.78 Å². The van der Waals surface area contributed by atoms with Crippen molar-refractivity contribution >= 4 is 11.6 Å². The molecule has 0 N–H and O–H groups in total. The van der Waals surface area contributed by atoms with Gasteiger partial charge in [-0.05, 0) is 31.2 Å². The van der Waals surface area contributed by atoms with Gasteiger partial charge in [0, 0.05) is 43.6 Å². The fraction of sp³-hybridized carbons (Fsp3) is 0.150. The van der Waals surface area contributed by atoms with Gasteiger partial charge in [0.1, 0.15) is 5.65 Å². The molecule has 0 saturated heterocycles. The highest BCUT2D eigenvalue weighted by atomic mass is 16.2. The van der Waals surface area contributed by atoms with Crippen molar-refractivity contribution in [3.8, 4) is 11.4 Å². The number of hydrogen-bond acceptors (Lipinski definition) is 5. The largest absolute Gasteiger partial charge is 0.336 e. The van der Waals surface area contributed by atoms with E-state index < -0.39 is 0 Å². The summed E-state index contributed by atoms with van der Waals surface area (Å²) in [5.74, 6) is 0.427. The highest BCUT2D eigenvalue weighted by molar-refractivity contribution is 5.93. The maximum atomic E-state index is 12.8. The van der Waals surface area contributed by atoms with E-state index in [2.05, 4.69) is 19.9 Å². The summed E-state index contributed by atoms with van der Waals surface area (Å²) >= 11 is 0. The van der Waals surface area contributed by atoms with Crippen LogP contribution in [0.5, 0.6) is 0 Å². The molecule has 4 aromatic rings. The Morgan fingerprint density at radius 2 is 1.85 bits per heavy atom. The van der Waals surface area contributed by atoms with Crippen molar-refractivity contribution < 1.29 is 4.79 Å². The minimum Gasteiger partial charge on any atom is -0.336 e. The number of carbonyl (C=O) groups is 1. The Bertz CT molecular complexity index is 1090. The molecule has 134 valence electrons. The summed E-state index contributed by atoms with van der Waals surface area (Å²) in [7, 11) is 1.76. The summed E-state index contributed by atoms with van der Waals surface area (Å²) in [5.41, 5.74) is 4.07. The molecular weight excluding hydrogens is 340 g/mol. The van der Waals surface area contributed by atoms with Crippen molar-refractivity contribution in [3.05, 3.63) is 78.3 Å². The third-order valence-corrected chi connectivity index (χ3v) is 4.40. The number of fused-ring (bicyclic) bond motifs is 1. The predicted octanol–water partition coefficient (Wildman–Crippen LogP) is 2.77. The average molecular weight is 358 g/mol. The number of aromatic nitrogens is 5. The molecule has 7 nitrogen and oxygen atoms in total. The van der Waals surface area contributed by atoms with Gasteiger partial charge in [-0.25, -0.2) is 15.0 Å². The average Bonchev–Trinajstić information content (AvgIpc) is 3.03. The van der Waals surface area contributed by atoms with E-state index in [9.17, 15) is 4.79 Å². The molecule has 0 fully saturated rings. The molecule has 4 aromatic heterocycles. The van der Waals surface area contributed by atoms with Gasteiger partial charge in [0.05, 0.1) is 23.5 Å². The van der Waals surface area contributed by atoms with Gasteiger partial charge in [0.15, 0.2) is 5.82 Å². The number of carbonyl (C=O) groups excluding carboxylic acids is 1. The van der Waals surface area contributed by atoms with Gasteiger partial charge >= 0.3 is 0 Å². The molecule has 0 aliphatic heterocycles. The second-order valence-corrected chi connectivity index (χ2v) is 6.27. The zero-order valence-corrected chi connectivity index (χ0v) is 15.1. The molecule has 7 heteroatoms. The third-order valence-electron chi connectivity index (χ3n) is 4.40. The molecule has 0 aromatic carbocycles. The lowest BCUT2D eigenvalue weighted by molar-refractivity contribution is 0.0782. The molecule has 0 atom stereocenters. The SMILES string of the molecule is Cc1nc2ccccn2c1CN(C)C(=O)c1cnc(-c2ccncc2)nc1. The molecule has 0 unspecified atom stereocenters. The fourth-order valence-corrected chi connectivity index (χ4v) is 2.96. The zero-order chi connectivity index (χ0) is 18.8. The van der Waals surface area contributed by atoms with E-state index in [1.165, 1.54) is 0 Å². The van der Waals surface area contributed by atoms with Crippen molar-refractivity contribution in [2.75, 3.05) is 7.05 Å². The first-order valence-electron chi connectivity index (χ1n) is 8.54. The molecule has 0 aliphatic rings. The van der Waals surface area contributed by atoms with Crippen molar-refractivity contribution in [1.29, 1.82) is 0 Å². The van der Waals surface area contributed by atoms with E-state index in [0.29, 0.717) is 17.9 Å². The minimum absolute atomic E-state index is 0.137. The van der Waals surface area contributed by atoms with Crippen LogP contribution in [-0.4, -0.2) is 42.2 Å². The fourth-order valence-electron chi connectivity index (χ4n) is 2.96. The molecule has 0 aliphatic carbocycles. The predicted molar refractivity (Wildman–Crippen MR) is 101 cm³/mol. The van der Waals surface area contributed by atoms with Crippen LogP contribution in [0.25, 0.3) is 17.0 Å². The van der Waals surface area contributed by atoms with Crippen molar-refractivity contribution in [2.24, 2.45) is 0 Å². The second kappa shape index (κ2) is 6.95. The highest BCUT2D eigenvalue weighted by Gasteiger charge is 2.17. The standard InChI is InChI=1S/C20H18N6O/c1-14-17(26-10-4-3-5-18(26)24-14)13-25(2)20(27)16-11-22-19(23-12-16)15-6-8-21-9-7-15/h3-12H,13H2,1-2H3. The minimum atomic E-state index is -0.137. The molecule has 0 bridgehead atoms.